The van der Waals surface area contributed by atoms with Crippen LogP contribution in [0.15, 0.2) is 42.5 Å². The fourth-order valence-electron chi connectivity index (χ4n) is 4.08. The van der Waals surface area contributed by atoms with Gasteiger partial charge < -0.3 is 15.3 Å². The van der Waals surface area contributed by atoms with E-state index >= 15 is 0 Å². The molecule has 2 aromatic rings. The van der Waals surface area contributed by atoms with Crippen LogP contribution in [0.1, 0.15) is 38.0 Å². The molecule has 3 rings (SSSR count). The number of aliphatic hydroxyl groups excluding tert-OH is 2. The largest absolute Gasteiger partial charge is 0.481 e. The van der Waals surface area contributed by atoms with Crippen LogP contribution in [0.25, 0.3) is 10.1 Å². The predicted molar refractivity (Wildman–Crippen MR) is 122 cm³/mol. The van der Waals surface area contributed by atoms with Crippen LogP contribution >= 0.6 is 11.3 Å². The van der Waals surface area contributed by atoms with Gasteiger partial charge in [-0.1, -0.05) is 44.2 Å². The maximum Gasteiger partial charge on any atom is 0.304 e. The second kappa shape index (κ2) is 9.78. The van der Waals surface area contributed by atoms with Crippen molar-refractivity contribution in [3.05, 3.63) is 47.4 Å². The minimum atomic E-state index is -0.906. The summed E-state index contributed by atoms with van der Waals surface area (Å²) in [6.45, 7) is 3.46. The smallest absolute Gasteiger partial charge is 0.304 e. The molecule has 0 saturated heterocycles. The number of fused-ring (bicyclic) bond motifs is 1. The highest BCUT2D eigenvalue weighted by atomic mass is 32.1. The molecule has 1 aromatic carbocycles. The van der Waals surface area contributed by atoms with Crippen LogP contribution in [0.4, 0.5) is 0 Å². The molecule has 1 unspecified atom stereocenters. The molecule has 6 heteroatoms. The zero-order chi connectivity index (χ0) is 22.6. The maximum atomic E-state index is 12.8. The molecule has 0 amide bonds. The first-order valence-electron chi connectivity index (χ1n) is 10.4. The molecule has 1 fully saturated rings. The van der Waals surface area contributed by atoms with E-state index in [0.29, 0.717) is 6.42 Å². The Morgan fingerprint density at radius 3 is 2.74 bits per heavy atom. The third kappa shape index (κ3) is 5.43. The number of Topliss-reactive ketones (excluding diaryl/α,β-unsaturated/α-hetero) is 1. The molecule has 1 aliphatic carbocycles. The molecular weight excluding hydrogens is 412 g/mol. The van der Waals surface area contributed by atoms with Crippen LogP contribution in [0.5, 0.6) is 0 Å². The first-order chi connectivity index (χ1) is 14.7. The van der Waals surface area contributed by atoms with Gasteiger partial charge in [0.05, 0.1) is 24.0 Å². The first kappa shape index (κ1) is 23.2. The molecule has 0 aliphatic heterocycles. The standard InChI is InChI=1S/C25H28O5S/c1-25(2)23(29)19(9-4-3-5-11-22(27)28)20(24(25)30)13-12-17(26)15-18-14-16-8-6-7-10-21(16)31-18/h6-8,10,12-14,17,19-20,24,26,30H,5,9,11,15H2,1-2H3,(H,27,28)/b13-12+/t17?,19-,20-,24+/m1/s1. The van der Waals surface area contributed by atoms with Crippen molar-refractivity contribution in [1.29, 1.82) is 0 Å². The molecule has 0 spiro atoms. The summed E-state index contributed by atoms with van der Waals surface area (Å²) in [5.74, 6) is 3.83. The SMILES string of the molecule is CC1(C)C(=O)[C@H](CC#CCCC(=O)O)[C@@H](/C=C/C(O)Cc2cc3ccccc3s2)[C@@H]1O. The van der Waals surface area contributed by atoms with Crippen LogP contribution in [0.2, 0.25) is 0 Å². The summed E-state index contributed by atoms with van der Waals surface area (Å²) in [7, 11) is 0. The van der Waals surface area contributed by atoms with Crippen molar-refractivity contribution in [1.82, 2.24) is 0 Å². The molecule has 164 valence electrons. The van der Waals surface area contributed by atoms with Gasteiger partial charge in [-0.05, 0) is 17.5 Å². The minimum Gasteiger partial charge on any atom is -0.481 e. The van der Waals surface area contributed by atoms with Crippen LogP contribution in [-0.4, -0.2) is 39.3 Å². The number of ketones is 1. The van der Waals surface area contributed by atoms with Crippen molar-refractivity contribution in [2.75, 3.05) is 0 Å². The molecule has 3 N–H and O–H groups in total. The Bertz CT molecular complexity index is 1010. The van der Waals surface area contributed by atoms with Gasteiger partial charge in [-0.25, -0.2) is 0 Å². The average Bonchev–Trinajstić information content (AvgIpc) is 3.18. The lowest BCUT2D eigenvalue weighted by Gasteiger charge is -2.22. The molecule has 1 aromatic heterocycles. The van der Waals surface area contributed by atoms with E-state index < -0.39 is 35.4 Å². The number of carboxylic acids is 1. The zero-order valence-electron chi connectivity index (χ0n) is 17.7. The first-order valence-corrected chi connectivity index (χ1v) is 11.3. The normalized spacial score (nSPS) is 23.7. The lowest BCUT2D eigenvalue weighted by atomic mass is 9.86. The predicted octanol–water partition coefficient (Wildman–Crippen LogP) is 3.82. The Kier molecular flexibility index (Phi) is 7.32. The van der Waals surface area contributed by atoms with E-state index in [-0.39, 0.29) is 25.0 Å². The van der Waals surface area contributed by atoms with Gasteiger partial charge in [0.25, 0.3) is 0 Å². The third-order valence-corrected chi connectivity index (χ3v) is 7.03. The Balaban J connectivity index is 1.68. The second-order valence-electron chi connectivity index (χ2n) is 8.57. The Morgan fingerprint density at radius 2 is 2.03 bits per heavy atom. The van der Waals surface area contributed by atoms with Crippen molar-refractivity contribution >= 4 is 33.2 Å². The van der Waals surface area contributed by atoms with Crippen LogP contribution < -0.4 is 0 Å². The van der Waals surface area contributed by atoms with Crippen LogP contribution in [-0.2, 0) is 16.0 Å². The highest BCUT2D eigenvalue weighted by Gasteiger charge is 2.53. The number of carboxylic acid groups (broad SMARTS) is 1. The van der Waals surface area contributed by atoms with Crippen molar-refractivity contribution in [3.8, 4) is 11.8 Å². The van der Waals surface area contributed by atoms with Crippen molar-refractivity contribution in [2.45, 2.75) is 51.7 Å². The molecule has 0 bridgehead atoms. The topological polar surface area (TPSA) is 94.8 Å². The van der Waals surface area contributed by atoms with E-state index in [2.05, 4.69) is 24.0 Å². The van der Waals surface area contributed by atoms with Gasteiger partial charge in [-0.3, -0.25) is 9.59 Å². The van der Waals surface area contributed by atoms with Gasteiger partial charge in [0, 0.05) is 40.7 Å². The fraction of sp³-hybridized carbons (Fsp3) is 0.440. The van der Waals surface area contributed by atoms with Crippen molar-refractivity contribution in [3.63, 3.8) is 0 Å². The Labute approximate surface area is 186 Å². The number of benzene rings is 1. The van der Waals surface area contributed by atoms with E-state index in [4.69, 9.17) is 5.11 Å². The van der Waals surface area contributed by atoms with Crippen molar-refractivity contribution in [2.24, 2.45) is 17.3 Å². The zero-order valence-corrected chi connectivity index (χ0v) is 18.6. The van der Waals surface area contributed by atoms with E-state index in [1.54, 1.807) is 37.3 Å². The number of rotatable bonds is 7. The quantitative estimate of drug-likeness (QED) is 0.449. The van der Waals surface area contributed by atoms with E-state index in [1.165, 1.54) is 4.70 Å². The van der Waals surface area contributed by atoms with E-state index in [9.17, 15) is 19.8 Å². The third-order valence-electron chi connectivity index (χ3n) is 5.89. The number of aliphatic hydroxyl groups is 2. The van der Waals surface area contributed by atoms with Gasteiger partial charge in [-0.15, -0.1) is 23.2 Å². The van der Waals surface area contributed by atoms with Gasteiger partial charge in [0.1, 0.15) is 5.78 Å². The lowest BCUT2D eigenvalue weighted by molar-refractivity contribution is -0.136. The summed E-state index contributed by atoms with van der Waals surface area (Å²) in [6.07, 6.45) is 2.76. The fourth-order valence-corrected chi connectivity index (χ4v) is 5.19. The molecule has 5 nitrogen and oxygen atoms in total. The number of hydrogen-bond acceptors (Lipinski definition) is 5. The summed E-state index contributed by atoms with van der Waals surface area (Å²) in [6, 6.07) is 10.1. The average molecular weight is 441 g/mol. The molecule has 4 atom stereocenters. The second-order valence-corrected chi connectivity index (χ2v) is 9.74. The molecule has 1 saturated carbocycles. The maximum absolute atomic E-state index is 12.8. The summed E-state index contributed by atoms with van der Waals surface area (Å²) < 4.78 is 1.17. The molecule has 1 heterocycles. The summed E-state index contributed by atoms with van der Waals surface area (Å²) in [5, 5.41) is 31.1. The monoisotopic (exact) mass is 440 g/mol. The van der Waals surface area contributed by atoms with Crippen LogP contribution in [0.3, 0.4) is 0 Å². The molecular formula is C25H28O5S. The number of carbonyl (C=O) groups excluding carboxylic acids is 1. The Hall–Kier alpha value is -2.46. The van der Waals surface area contributed by atoms with Gasteiger partial charge in [0.2, 0.25) is 0 Å². The molecule has 31 heavy (non-hydrogen) atoms. The number of hydrogen-bond donors (Lipinski definition) is 3. The lowest BCUT2D eigenvalue weighted by Crippen LogP contribution is -2.31. The molecule has 0 radical (unpaired) electrons. The van der Waals surface area contributed by atoms with Crippen molar-refractivity contribution < 1.29 is 24.9 Å². The number of carbonyl (C=O) groups is 2. The van der Waals surface area contributed by atoms with Gasteiger partial charge >= 0.3 is 5.97 Å². The van der Waals surface area contributed by atoms with Gasteiger partial charge in [0.15, 0.2) is 0 Å². The summed E-state index contributed by atoms with van der Waals surface area (Å²) in [5.41, 5.74) is -0.890. The molecule has 1 aliphatic rings. The van der Waals surface area contributed by atoms with Crippen LogP contribution in [0, 0.1) is 29.1 Å². The number of aliphatic carboxylic acids is 1. The van der Waals surface area contributed by atoms with E-state index in [1.807, 2.05) is 18.2 Å². The minimum absolute atomic E-state index is 0.0347. The summed E-state index contributed by atoms with van der Waals surface area (Å²) >= 11 is 1.65. The van der Waals surface area contributed by atoms with Gasteiger partial charge in [-0.2, -0.15) is 0 Å². The Morgan fingerprint density at radius 1 is 1.29 bits per heavy atom. The highest BCUT2D eigenvalue weighted by Crippen LogP contribution is 2.44. The van der Waals surface area contributed by atoms with E-state index in [0.717, 1.165) is 10.3 Å². The number of thiophene rings is 1. The summed E-state index contributed by atoms with van der Waals surface area (Å²) in [4.78, 5) is 24.5. The highest BCUT2D eigenvalue weighted by molar-refractivity contribution is 7.19.